The number of piperazine rings is 1. The molecule has 0 radical (unpaired) electrons. The summed E-state index contributed by atoms with van der Waals surface area (Å²) in [6.07, 6.45) is -0.402. The molecule has 2 aromatic rings. The van der Waals surface area contributed by atoms with E-state index >= 15 is 0 Å². The first-order valence-electron chi connectivity index (χ1n) is 10.4. The smallest absolute Gasteiger partial charge is 0.407 e. The summed E-state index contributed by atoms with van der Waals surface area (Å²) >= 11 is 0. The Balaban J connectivity index is 0.00000181. The number of nitrogens with one attached hydrogen (secondary N) is 1. The minimum absolute atomic E-state index is 0. The van der Waals surface area contributed by atoms with E-state index in [0.29, 0.717) is 13.2 Å². The fraction of sp³-hybridized carbons (Fsp3) is 0.391. The highest BCUT2D eigenvalue weighted by Crippen LogP contribution is 2.44. The Morgan fingerprint density at radius 1 is 0.906 bits per heavy atom. The lowest BCUT2D eigenvalue weighted by atomic mass is 9.98. The number of carboxylic acid groups (broad SMARTS) is 1. The molecule has 1 amide bonds. The molecule has 2 aromatic carbocycles. The number of aliphatic carboxylic acids is 1. The average molecular weight is 482 g/mol. The summed E-state index contributed by atoms with van der Waals surface area (Å²) in [5.74, 6) is -0.731. The van der Waals surface area contributed by atoms with Crippen molar-refractivity contribution in [3.05, 3.63) is 59.7 Å². The number of halogens is 2. The van der Waals surface area contributed by atoms with Gasteiger partial charge in [0, 0.05) is 45.2 Å². The third-order valence-corrected chi connectivity index (χ3v) is 5.86. The van der Waals surface area contributed by atoms with Gasteiger partial charge < -0.3 is 15.2 Å². The summed E-state index contributed by atoms with van der Waals surface area (Å²) in [6, 6.07) is 16.5. The number of hydrogen-bond acceptors (Lipinski definition) is 5. The molecule has 4 rings (SSSR count). The maximum absolute atomic E-state index is 12.2. The maximum atomic E-state index is 12.2. The van der Waals surface area contributed by atoms with Crippen molar-refractivity contribution in [2.45, 2.75) is 5.92 Å². The quantitative estimate of drug-likeness (QED) is 0.632. The van der Waals surface area contributed by atoms with E-state index in [-0.39, 0.29) is 37.3 Å². The molecule has 174 valence electrons. The van der Waals surface area contributed by atoms with Crippen molar-refractivity contribution in [3.63, 3.8) is 0 Å². The number of carbonyl (C=O) groups is 2. The molecular formula is C23H29Cl2N3O4. The van der Waals surface area contributed by atoms with Crippen molar-refractivity contribution in [3.8, 4) is 11.1 Å². The van der Waals surface area contributed by atoms with Crippen LogP contribution in [0.5, 0.6) is 0 Å². The lowest BCUT2D eigenvalue weighted by Crippen LogP contribution is -2.49. The number of ether oxygens (including phenoxy) is 1. The van der Waals surface area contributed by atoms with Crippen LogP contribution >= 0.6 is 24.8 Å². The van der Waals surface area contributed by atoms with Gasteiger partial charge in [0.05, 0.1) is 6.54 Å². The van der Waals surface area contributed by atoms with Gasteiger partial charge in [0.25, 0.3) is 0 Å². The number of fused-ring (bicyclic) bond motifs is 3. The first-order valence-corrected chi connectivity index (χ1v) is 10.4. The second kappa shape index (κ2) is 12.1. The van der Waals surface area contributed by atoms with Crippen molar-refractivity contribution >= 4 is 36.9 Å². The van der Waals surface area contributed by atoms with E-state index in [1.54, 1.807) is 0 Å². The number of rotatable bonds is 7. The second-order valence-electron chi connectivity index (χ2n) is 7.76. The van der Waals surface area contributed by atoms with Gasteiger partial charge in [-0.25, -0.2) is 4.79 Å². The van der Waals surface area contributed by atoms with Gasteiger partial charge in [-0.2, -0.15) is 0 Å². The molecular weight excluding hydrogens is 453 g/mol. The Labute approximate surface area is 200 Å². The molecule has 32 heavy (non-hydrogen) atoms. The summed E-state index contributed by atoms with van der Waals surface area (Å²) in [6.45, 7) is 4.72. The number of nitrogens with zero attached hydrogens (tertiary/aromatic N) is 2. The predicted molar refractivity (Wildman–Crippen MR) is 128 cm³/mol. The van der Waals surface area contributed by atoms with Crippen LogP contribution in [0.3, 0.4) is 0 Å². The van der Waals surface area contributed by atoms with Crippen LogP contribution in [0.25, 0.3) is 11.1 Å². The van der Waals surface area contributed by atoms with Gasteiger partial charge in [-0.15, -0.1) is 24.8 Å². The summed E-state index contributed by atoms with van der Waals surface area (Å²) in [4.78, 5) is 27.1. The number of alkyl carbamates (subject to hydrolysis) is 1. The third-order valence-electron chi connectivity index (χ3n) is 5.86. The van der Waals surface area contributed by atoms with Crippen LogP contribution in [0, 0.1) is 0 Å². The zero-order valence-corrected chi connectivity index (χ0v) is 19.4. The molecule has 1 fully saturated rings. The molecule has 1 aliphatic heterocycles. The predicted octanol–water partition coefficient (Wildman–Crippen LogP) is 3.07. The van der Waals surface area contributed by atoms with E-state index in [9.17, 15) is 9.59 Å². The van der Waals surface area contributed by atoms with Crippen molar-refractivity contribution in [2.24, 2.45) is 0 Å². The number of carbonyl (C=O) groups excluding carboxylic acids is 1. The molecule has 9 heteroatoms. The van der Waals surface area contributed by atoms with E-state index in [1.807, 2.05) is 29.2 Å². The Morgan fingerprint density at radius 3 is 2.00 bits per heavy atom. The summed E-state index contributed by atoms with van der Waals surface area (Å²) in [7, 11) is 0. The summed E-state index contributed by atoms with van der Waals surface area (Å²) in [5.41, 5.74) is 4.82. The molecule has 1 saturated heterocycles. The SMILES string of the molecule is Cl.Cl.O=C(O)CN1CCN(CCNC(=O)OCC2c3ccccc3-c3ccccc32)CC1. The highest BCUT2D eigenvalue weighted by atomic mass is 35.5. The van der Waals surface area contributed by atoms with Crippen LogP contribution < -0.4 is 5.32 Å². The lowest BCUT2D eigenvalue weighted by Gasteiger charge is -2.33. The molecule has 0 bridgehead atoms. The van der Waals surface area contributed by atoms with Gasteiger partial charge in [-0.1, -0.05) is 48.5 Å². The van der Waals surface area contributed by atoms with Crippen LogP contribution in [0.1, 0.15) is 17.0 Å². The van der Waals surface area contributed by atoms with E-state index in [1.165, 1.54) is 22.3 Å². The summed E-state index contributed by atoms with van der Waals surface area (Å²) < 4.78 is 5.55. The van der Waals surface area contributed by atoms with Crippen molar-refractivity contribution in [1.82, 2.24) is 15.1 Å². The molecule has 1 aliphatic carbocycles. The molecule has 7 nitrogen and oxygen atoms in total. The molecule has 1 heterocycles. The molecule has 0 unspecified atom stereocenters. The van der Waals surface area contributed by atoms with Crippen molar-refractivity contribution in [1.29, 1.82) is 0 Å². The monoisotopic (exact) mass is 481 g/mol. The van der Waals surface area contributed by atoms with Crippen LogP contribution in [0.2, 0.25) is 0 Å². The molecule has 0 spiro atoms. The number of carboxylic acids is 1. The largest absolute Gasteiger partial charge is 0.480 e. The zero-order chi connectivity index (χ0) is 20.9. The standard InChI is InChI=1S/C23H27N3O4.2ClH/c27-22(28)15-26-13-11-25(12-14-26)10-9-24-23(29)30-16-21-19-7-3-1-5-17(19)18-6-2-4-8-20(18)21;;/h1-8,21H,9-16H2,(H,24,29)(H,27,28);2*1H. The molecule has 2 N–H and O–H groups in total. The van der Waals surface area contributed by atoms with Crippen molar-refractivity contribution in [2.75, 3.05) is 52.4 Å². The van der Waals surface area contributed by atoms with Gasteiger partial charge in [-0.05, 0) is 22.3 Å². The maximum Gasteiger partial charge on any atom is 0.407 e. The first-order chi connectivity index (χ1) is 14.6. The van der Waals surface area contributed by atoms with Crippen LogP contribution in [0.4, 0.5) is 4.79 Å². The minimum Gasteiger partial charge on any atom is -0.480 e. The van der Waals surface area contributed by atoms with E-state index in [0.717, 1.165) is 32.7 Å². The van der Waals surface area contributed by atoms with E-state index in [2.05, 4.69) is 34.5 Å². The van der Waals surface area contributed by atoms with Gasteiger partial charge in [0.15, 0.2) is 0 Å². The highest BCUT2D eigenvalue weighted by Gasteiger charge is 2.29. The minimum atomic E-state index is -0.791. The topological polar surface area (TPSA) is 82.1 Å². The lowest BCUT2D eigenvalue weighted by molar-refractivity contribution is -0.138. The van der Waals surface area contributed by atoms with Crippen LogP contribution in [-0.4, -0.2) is 79.4 Å². The molecule has 0 atom stereocenters. The van der Waals surface area contributed by atoms with Crippen LogP contribution in [0.15, 0.2) is 48.5 Å². The highest BCUT2D eigenvalue weighted by molar-refractivity contribution is 5.85. The summed E-state index contributed by atoms with van der Waals surface area (Å²) in [5, 5.41) is 11.7. The van der Waals surface area contributed by atoms with Crippen LogP contribution in [-0.2, 0) is 9.53 Å². The second-order valence-corrected chi connectivity index (χ2v) is 7.76. The normalized spacial score (nSPS) is 15.6. The number of amides is 1. The fourth-order valence-electron chi connectivity index (χ4n) is 4.33. The Kier molecular flexibility index (Phi) is 9.78. The van der Waals surface area contributed by atoms with Gasteiger partial charge >= 0.3 is 12.1 Å². The Bertz CT molecular complexity index is 874. The molecule has 2 aliphatic rings. The number of benzene rings is 2. The average Bonchev–Trinajstić information content (AvgIpc) is 3.07. The van der Waals surface area contributed by atoms with E-state index < -0.39 is 12.1 Å². The fourth-order valence-corrected chi connectivity index (χ4v) is 4.33. The Hall–Kier alpha value is -2.32. The van der Waals surface area contributed by atoms with Gasteiger partial charge in [0.1, 0.15) is 6.61 Å². The molecule has 0 saturated carbocycles. The number of hydrogen-bond donors (Lipinski definition) is 2. The molecule has 0 aromatic heterocycles. The van der Waals surface area contributed by atoms with E-state index in [4.69, 9.17) is 9.84 Å². The van der Waals surface area contributed by atoms with Gasteiger partial charge in [0.2, 0.25) is 0 Å². The zero-order valence-electron chi connectivity index (χ0n) is 17.7. The van der Waals surface area contributed by atoms with Gasteiger partial charge in [-0.3, -0.25) is 14.6 Å². The third kappa shape index (κ3) is 6.13. The Morgan fingerprint density at radius 2 is 1.44 bits per heavy atom. The first kappa shape index (κ1) is 25.9. The van der Waals surface area contributed by atoms with Crippen molar-refractivity contribution < 1.29 is 19.4 Å².